The van der Waals surface area contributed by atoms with E-state index in [2.05, 4.69) is 27.0 Å². The molecule has 0 radical (unpaired) electrons. The lowest BCUT2D eigenvalue weighted by molar-refractivity contribution is 0.294. The molecule has 0 spiro atoms. The van der Waals surface area contributed by atoms with E-state index in [0.29, 0.717) is 11.5 Å². The van der Waals surface area contributed by atoms with Crippen LogP contribution in [-0.4, -0.2) is 44.4 Å². The van der Waals surface area contributed by atoms with Gasteiger partial charge in [-0.25, -0.2) is 4.98 Å². The summed E-state index contributed by atoms with van der Waals surface area (Å²) in [4.78, 5) is 25.8. The van der Waals surface area contributed by atoms with Crippen LogP contribution in [-0.2, 0) is 6.54 Å². The standard InChI is InChI=1S/C23H22N4OS/c28-22-13-21(19-14-24-20-7-2-1-6-18(19)20)25-23(26-22)17-5-3-4-16(12-17)15-27-8-10-29-11-9-27/h1-7,12-14,24H,8-11,15H2,(H,25,26,28). The van der Waals surface area contributed by atoms with Gasteiger partial charge in [0.05, 0.1) is 5.69 Å². The van der Waals surface area contributed by atoms with Crippen LogP contribution in [0.2, 0.25) is 0 Å². The third-order valence-corrected chi connectivity index (χ3v) is 6.26. The number of para-hydroxylation sites is 1. The van der Waals surface area contributed by atoms with Gasteiger partial charge in [-0.2, -0.15) is 11.8 Å². The zero-order valence-corrected chi connectivity index (χ0v) is 16.8. The number of aromatic amines is 2. The largest absolute Gasteiger partial charge is 0.360 e. The third kappa shape index (κ3) is 3.86. The normalized spacial score (nSPS) is 15.0. The number of rotatable bonds is 4. The van der Waals surface area contributed by atoms with Gasteiger partial charge in [0.2, 0.25) is 0 Å². The number of hydrogen-bond acceptors (Lipinski definition) is 4. The average molecular weight is 403 g/mol. The molecule has 0 saturated carbocycles. The minimum absolute atomic E-state index is 0.145. The Morgan fingerprint density at radius 2 is 1.90 bits per heavy atom. The van der Waals surface area contributed by atoms with Crippen molar-refractivity contribution >= 4 is 22.7 Å². The molecule has 6 heteroatoms. The van der Waals surface area contributed by atoms with Crippen LogP contribution < -0.4 is 5.56 Å². The first-order chi connectivity index (χ1) is 14.3. The van der Waals surface area contributed by atoms with Crippen molar-refractivity contribution in [1.82, 2.24) is 19.9 Å². The molecule has 1 fully saturated rings. The molecule has 2 aromatic carbocycles. The maximum atomic E-state index is 12.4. The molecule has 0 amide bonds. The van der Waals surface area contributed by atoms with Crippen molar-refractivity contribution in [3.8, 4) is 22.6 Å². The van der Waals surface area contributed by atoms with Gasteiger partial charge in [0.25, 0.3) is 5.56 Å². The summed E-state index contributed by atoms with van der Waals surface area (Å²) in [5, 5.41) is 1.06. The molecule has 2 N–H and O–H groups in total. The number of aromatic nitrogens is 3. The van der Waals surface area contributed by atoms with E-state index in [1.807, 2.05) is 54.4 Å². The van der Waals surface area contributed by atoms with Crippen LogP contribution in [0.25, 0.3) is 33.5 Å². The Morgan fingerprint density at radius 3 is 2.79 bits per heavy atom. The lowest BCUT2D eigenvalue weighted by atomic mass is 10.1. The first-order valence-electron chi connectivity index (χ1n) is 9.83. The highest BCUT2D eigenvalue weighted by Gasteiger charge is 2.13. The van der Waals surface area contributed by atoms with E-state index in [1.165, 1.54) is 17.1 Å². The van der Waals surface area contributed by atoms with Gasteiger partial charge in [0, 0.05) is 65.4 Å². The van der Waals surface area contributed by atoms with Gasteiger partial charge >= 0.3 is 0 Å². The minimum Gasteiger partial charge on any atom is -0.360 e. The van der Waals surface area contributed by atoms with Crippen LogP contribution in [0.1, 0.15) is 5.56 Å². The summed E-state index contributed by atoms with van der Waals surface area (Å²) in [6, 6.07) is 18.0. The Morgan fingerprint density at radius 1 is 1.03 bits per heavy atom. The molecule has 4 aromatic rings. The molecular formula is C23H22N4OS. The number of thioether (sulfide) groups is 1. The van der Waals surface area contributed by atoms with Gasteiger partial charge in [0.1, 0.15) is 5.82 Å². The molecule has 0 atom stereocenters. The van der Waals surface area contributed by atoms with E-state index in [1.54, 1.807) is 6.07 Å². The maximum absolute atomic E-state index is 12.4. The molecular weight excluding hydrogens is 380 g/mol. The van der Waals surface area contributed by atoms with Crippen LogP contribution >= 0.6 is 11.8 Å². The molecule has 1 aliphatic rings. The summed E-state index contributed by atoms with van der Waals surface area (Å²) in [6.07, 6.45) is 1.92. The van der Waals surface area contributed by atoms with Gasteiger partial charge in [-0.05, 0) is 17.7 Å². The average Bonchev–Trinajstić information content (AvgIpc) is 3.18. The molecule has 146 valence electrons. The number of benzene rings is 2. The topological polar surface area (TPSA) is 64.8 Å². The second kappa shape index (κ2) is 7.89. The Hall–Kier alpha value is -2.83. The van der Waals surface area contributed by atoms with Crippen LogP contribution in [0.15, 0.2) is 65.6 Å². The van der Waals surface area contributed by atoms with Crippen molar-refractivity contribution in [1.29, 1.82) is 0 Å². The SMILES string of the molecule is O=c1cc(-c2c[nH]c3ccccc23)nc(-c2cccc(CN3CCSCC3)c2)[nH]1. The summed E-state index contributed by atoms with van der Waals surface area (Å²) in [5.74, 6) is 3.00. The van der Waals surface area contributed by atoms with Crippen molar-refractivity contribution in [2.24, 2.45) is 0 Å². The third-order valence-electron chi connectivity index (χ3n) is 5.32. The second-order valence-corrected chi connectivity index (χ2v) is 8.54. The molecule has 1 saturated heterocycles. The lowest BCUT2D eigenvalue weighted by Crippen LogP contribution is -2.31. The monoisotopic (exact) mass is 402 g/mol. The van der Waals surface area contributed by atoms with Gasteiger partial charge in [0.15, 0.2) is 0 Å². The number of fused-ring (bicyclic) bond motifs is 1. The summed E-state index contributed by atoms with van der Waals surface area (Å²) in [6.45, 7) is 3.18. The smallest absolute Gasteiger partial charge is 0.251 e. The van der Waals surface area contributed by atoms with E-state index in [4.69, 9.17) is 4.98 Å². The van der Waals surface area contributed by atoms with E-state index in [-0.39, 0.29) is 5.56 Å². The van der Waals surface area contributed by atoms with E-state index in [9.17, 15) is 4.79 Å². The molecule has 0 unspecified atom stereocenters. The van der Waals surface area contributed by atoms with Gasteiger partial charge in [-0.15, -0.1) is 0 Å². The molecule has 0 bridgehead atoms. The number of nitrogens with one attached hydrogen (secondary N) is 2. The first-order valence-corrected chi connectivity index (χ1v) is 11.0. The van der Waals surface area contributed by atoms with Crippen molar-refractivity contribution in [2.75, 3.05) is 24.6 Å². The maximum Gasteiger partial charge on any atom is 0.251 e. The summed E-state index contributed by atoms with van der Waals surface area (Å²) < 4.78 is 0. The fourth-order valence-electron chi connectivity index (χ4n) is 3.85. The molecule has 0 aliphatic carbocycles. The number of H-pyrrole nitrogens is 2. The fourth-order valence-corrected chi connectivity index (χ4v) is 4.83. The summed E-state index contributed by atoms with van der Waals surface area (Å²) in [7, 11) is 0. The molecule has 5 nitrogen and oxygen atoms in total. The van der Waals surface area contributed by atoms with Crippen molar-refractivity contribution in [3.63, 3.8) is 0 Å². The Kier molecular flexibility index (Phi) is 4.96. The van der Waals surface area contributed by atoms with Crippen LogP contribution in [0.5, 0.6) is 0 Å². The van der Waals surface area contributed by atoms with E-state index >= 15 is 0 Å². The first kappa shape index (κ1) is 18.2. The van der Waals surface area contributed by atoms with Crippen LogP contribution in [0.4, 0.5) is 0 Å². The fraction of sp³-hybridized carbons (Fsp3) is 0.217. The minimum atomic E-state index is -0.145. The van der Waals surface area contributed by atoms with Gasteiger partial charge in [-0.1, -0.05) is 36.4 Å². The quantitative estimate of drug-likeness (QED) is 0.539. The Balaban J connectivity index is 1.50. The zero-order valence-electron chi connectivity index (χ0n) is 16.0. The molecule has 29 heavy (non-hydrogen) atoms. The van der Waals surface area contributed by atoms with Gasteiger partial charge < -0.3 is 9.97 Å². The van der Waals surface area contributed by atoms with E-state index in [0.717, 1.165) is 41.7 Å². The van der Waals surface area contributed by atoms with Crippen molar-refractivity contribution in [3.05, 3.63) is 76.7 Å². The zero-order chi connectivity index (χ0) is 19.6. The molecule has 1 aliphatic heterocycles. The van der Waals surface area contributed by atoms with Crippen molar-refractivity contribution < 1.29 is 0 Å². The van der Waals surface area contributed by atoms with Gasteiger partial charge in [-0.3, -0.25) is 9.69 Å². The summed E-state index contributed by atoms with van der Waals surface area (Å²) >= 11 is 2.02. The lowest BCUT2D eigenvalue weighted by Gasteiger charge is -2.26. The molecule has 2 aromatic heterocycles. The summed E-state index contributed by atoms with van der Waals surface area (Å²) in [5.41, 5.74) is 4.69. The highest BCUT2D eigenvalue weighted by atomic mass is 32.2. The van der Waals surface area contributed by atoms with Crippen LogP contribution in [0.3, 0.4) is 0 Å². The Bertz CT molecular complexity index is 1210. The number of nitrogens with zero attached hydrogens (tertiary/aromatic N) is 2. The van der Waals surface area contributed by atoms with Crippen molar-refractivity contribution in [2.45, 2.75) is 6.54 Å². The van der Waals surface area contributed by atoms with Crippen LogP contribution in [0, 0.1) is 0 Å². The highest BCUT2D eigenvalue weighted by Crippen LogP contribution is 2.27. The Labute approximate surface area is 173 Å². The predicted molar refractivity (Wildman–Crippen MR) is 120 cm³/mol. The second-order valence-electron chi connectivity index (χ2n) is 7.32. The van der Waals surface area contributed by atoms with E-state index < -0.39 is 0 Å². The molecule has 3 heterocycles. The number of hydrogen-bond donors (Lipinski definition) is 2. The molecule has 5 rings (SSSR count). The highest BCUT2D eigenvalue weighted by molar-refractivity contribution is 7.99. The predicted octanol–water partition coefficient (Wildman–Crippen LogP) is 4.13.